The van der Waals surface area contributed by atoms with Gasteiger partial charge in [-0.25, -0.2) is 4.98 Å². The fraction of sp³-hybridized carbons (Fsp3) is 0.286. The first-order valence-electron chi connectivity index (χ1n) is 6.60. The van der Waals surface area contributed by atoms with Gasteiger partial charge >= 0.3 is 0 Å². The second-order valence-corrected chi connectivity index (χ2v) is 5.39. The highest BCUT2D eigenvalue weighted by Gasteiger charge is 2.15. The van der Waals surface area contributed by atoms with Crippen LogP contribution in [0.2, 0.25) is 10.3 Å². The maximum atomic E-state index is 6.02. The van der Waals surface area contributed by atoms with Gasteiger partial charge in [0, 0.05) is 18.8 Å². The summed E-state index contributed by atoms with van der Waals surface area (Å²) in [6.45, 7) is 2.48. The summed E-state index contributed by atoms with van der Waals surface area (Å²) in [5.74, 6) is 0.486. The van der Waals surface area contributed by atoms with E-state index in [1.54, 1.807) is 0 Å². The first-order valence-corrected chi connectivity index (χ1v) is 7.35. The molecule has 2 heterocycles. The van der Waals surface area contributed by atoms with Gasteiger partial charge in [-0.1, -0.05) is 23.7 Å². The molecule has 2 aromatic rings. The molecule has 1 fully saturated rings. The molecule has 5 nitrogen and oxygen atoms in total. The summed E-state index contributed by atoms with van der Waals surface area (Å²) < 4.78 is 5.71. The van der Waals surface area contributed by atoms with Crippen molar-refractivity contribution in [3.8, 4) is 0 Å². The van der Waals surface area contributed by atoms with Gasteiger partial charge in [-0.2, -0.15) is 4.98 Å². The SMILES string of the molecule is Cl.Clc1ncc(Cl)c(Nc2ccc([C@H]3CNCCO3)cc2)n1. The zero-order valence-electron chi connectivity index (χ0n) is 11.6. The van der Waals surface area contributed by atoms with Crippen LogP contribution in [0.4, 0.5) is 11.5 Å². The van der Waals surface area contributed by atoms with Gasteiger partial charge in [0.25, 0.3) is 0 Å². The number of benzene rings is 1. The normalized spacial score (nSPS) is 17.6. The number of halogens is 3. The molecule has 1 aliphatic heterocycles. The van der Waals surface area contributed by atoms with Crippen molar-refractivity contribution >= 4 is 47.1 Å². The number of morpholine rings is 1. The summed E-state index contributed by atoms with van der Waals surface area (Å²) in [5, 5.41) is 7.00. The summed E-state index contributed by atoms with van der Waals surface area (Å²) >= 11 is 11.8. The predicted molar refractivity (Wildman–Crippen MR) is 90.6 cm³/mol. The maximum absolute atomic E-state index is 6.02. The molecule has 1 atom stereocenters. The highest BCUT2D eigenvalue weighted by atomic mass is 35.5. The molecule has 118 valence electrons. The Hall–Kier alpha value is -1.11. The Morgan fingerprint density at radius 2 is 2.00 bits per heavy atom. The van der Waals surface area contributed by atoms with Crippen LogP contribution in [0, 0.1) is 0 Å². The molecule has 0 bridgehead atoms. The van der Waals surface area contributed by atoms with Gasteiger partial charge in [0.2, 0.25) is 5.28 Å². The van der Waals surface area contributed by atoms with E-state index in [-0.39, 0.29) is 23.8 Å². The second kappa shape index (κ2) is 7.94. The van der Waals surface area contributed by atoms with Gasteiger partial charge < -0.3 is 15.4 Å². The minimum atomic E-state index is 0. The third kappa shape index (κ3) is 4.21. The number of ether oxygens (including phenoxy) is 1. The minimum Gasteiger partial charge on any atom is -0.371 e. The largest absolute Gasteiger partial charge is 0.371 e. The molecule has 1 aliphatic rings. The number of anilines is 2. The van der Waals surface area contributed by atoms with E-state index in [0.717, 1.165) is 30.9 Å². The van der Waals surface area contributed by atoms with Crippen molar-refractivity contribution in [2.75, 3.05) is 25.0 Å². The number of hydrogen-bond acceptors (Lipinski definition) is 5. The Balaban J connectivity index is 0.00000176. The van der Waals surface area contributed by atoms with Crippen LogP contribution in [0.15, 0.2) is 30.5 Å². The molecule has 0 aliphatic carbocycles. The fourth-order valence-corrected chi connectivity index (χ4v) is 2.40. The van der Waals surface area contributed by atoms with Gasteiger partial charge in [0.05, 0.1) is 18.9 Å². The van der Waals surface area contributed by atoms with Crippen LogP contribution in [0.5, 0.6) is 0 Å². The molecule has 8 heteroatoms. The second-order valence-electron chi connectivity index (χ2n) is 4.65. The zero-order valence-corrected chi connectivity index (χ0v) is 13.9. The van der Waals surface area contributed by atoms with Crippen LogP contribution >= 0.6 is 35.6 Å². The van der Waals surface area contributed by atoms with Crippen LogP contribution < -0.4 is 10.6 Å². The third-order valence-corrected chi connectivity index (χ3v) is 3.65. The van der Waals surface area contributed by atoms with Crippen LogP contribution in [-0.2, 0) is 4.74 Å². The monoisotopic (exact) mass is 360 g/mol. The lowest BCUT2D eigenvalue weighted by molar-refractivity contribution is 0.0277. The van der Waals surface area contributed by atoms with Gasteiger partial charge in [-0.15, -0.1) is 12.4 Å². The Kier molecular flexibility index (Phi) is 6.23. The topological polar surface area (TPSA) is 59.1 Å². The molecule has 1 aromatic carbocycles. The van der Waals surface area contributed by atoms with E-state index in [2.05, 4.69) is 20.6 Å². The fourth-order valence-electron chi connectivity index (χ4n) is 2.13. The number of nitrogens with one attached hydrogen (secondary N) is 2. The molecule has 1 saturated heterocycles. The van der Waals surface area contributed by atoms with E-state index in [0.29, 0.717) is 10.8 Å². The third-order valence-electron chi connectivity index (χ3n) is 3.19. The molecule has 0 amide bonds. The smallest absolute Gasteiger partial charge is 0.224 e. The molecule has 0 saturated carbocycles. The van der Waals surface area contributed by atoms with E-state index in [9.17, 15) is 0 Å². The molecule has 0 spiro atoms. The van der Waals surface area contributed by atoms with Gasteiger partial charge in [0.1, 0.15) is 5.02 Å². The standard InChI is InChI=1S/C14H14Cl2N4O.ClH/c15-11-7-18-14(16)20-13(11)19-10-3-1-9(2-4-10)12-8-17-5-6-21-12;/h1-4,7,12,17H,5-6,8H2,(H,18,19,20);1H/t12-;/m1./s1. The van der Waals surface area contributed by atoms with E-state index in [4.69, 9.17) is 27.9 Å². The first kappa shape index (κ1) is 17.2. The molecule has 0 unspecified atom stereocenters. The Bertz CT molecular complexity index is 618. The van der Waals surface area contributed by atoms with Crippen LogP contribution in [0.25, 0.3) is 0 Å². The molecule has 1 aromatic heterocycles. The van der Waals surface area contributed by atoms with Crippen molar-refractivity contribution in [2.24, 2.45) is 0 Å². The Labute approximate surface area is 144 Å². The van der Waals surface area contributed by atoms with Crippen LogP contribution in [-0.4, -0.2) is 29.7 Å². The van der Waals surface area contributed by atoms with Gasteiger partial charge in [-0.05, 0) is 29.3 Å². The van der Waals surface area contributed by atoms with Crippen molar-refractivity contribution < 1.29 is 4.74 Å². The minimum absolute atomic E-state index is 0. The summed E-state index contributed by atoms with van der Waals surface area (Å²) in [4.78, 5) is 7.87. The van der Waals surface area contributed by atoms with Crippen LogP contribution in [0.3, 0.4) is 0 Å². The number of hydrogen-bond donors (Lipinski definition) is 2. The summed E-state index contributed by atoms with van der Waals surface area (Å²) in [6.07, 6.45) is 1.57. The van der Waals surface area contributed by atoms with E-state index < -0.39 is 0 Å². The average Bonchev–Trinajstić information content (AvgIpc) is 2.53. The van der Waals surface area contributed by atoms with Gasteiger partial charge in [0.15, 0.2) is 5.82 Å². The highest BCUT2D eigenvalue weighted by molar-refractivity contribution is 6.33. The maximum Gasteiger partial charge on any atom is 0.224 e. The number of nitrogens with zero attached hydrogens (tertiary/aromatic N) is 2. The van der Waals surface area contributed by atoms with Crippen molar-refractivity contribution in [3.63, 3.8) is 0 Å². The van der Waals surface area contributed by atoms with Crippen LogP contribution in [0.1, 0.15) is 11.7 Å². The molecule has 22 heavy (non-hydrogen) atoms. The van der Waals surface area contributed by atoms with Crippen molar-refractivity contribution in [3.05, 3.63) is 46.3 Å². The molecular formula is C14H15Cl3N4O. The zero-order chi connectivity index (χ0) is 14.7. The van der Waals surface area contributed by atoms with E-state index in [1.807, 2.05) is 24.3 Å². The highest BCUT2D eigenvalue weighted by Crippen LogP contribution is 2.25. The van der Waals surface area contributed by atoms with E-state index in [1.165, 1.54) is 6.20 Å². The Morgan fingerprint density at radius 3 is 2.68 bits per heavy atom. The summed E-state index contributed by atoms with van der Waals surface area (Å²) in [6, 6.07) is 7.96. The molecular weight excluding hydrogens is 347 g/mol. The van der Waals surface area contributed by atoms with E-state index >= 15 is 0 Å². The summed E-state index contributed by atoms with van der Waals surface area (Å²) in [7, 11) is 0. The summed E-state index contributed by atoms with van der Waals surface area (Å²) in [5.41, 5.74) is 2.01. The molecule has 0 radical (unpaired) electrons. The number of aromatic nitrogens is 2. The molecule has 2 N–H and O–H groups in total. The lowest BCUT2D eigenvalue weighted by atomic mass is 10.1. The first-order chi connectivity index (χ1) is 10.2. The van der Waals surface area contributed by atoms with Gasteiger partial charge in [-0.3, -0.25) is 0 Å². The predicted octanol–water partition coefficient (Wildman–Crippen LogP) is 3.61. The lowest BCUT2D eigenvalue weighted by Gasteiger charge is -2.24. The molecule has 3 rings (SSSR count). The Morgan fingerprint density at radius 1 is 1.23 bits per heavy atom. The number of rotatable bonds is 3. The van der Waals surface area contributed by atoms with Crippen molar-refractivity contribution in [1.82, 2.24) is 15.3 Å². The average molecular weight is 362 g/mol. The van der Waals surface area contributed by atoms with Crippen molar-refractivity contribution in [2.45, 2.75) is 6.10 Å². The quantitative estimate of drug-likeness (QED) is 0.818. The van der Waals surface area contributed by atoms with Crippen molar-refractivity contribution in [1.29, 1.82) is 0 Å². The lowest BCUT2D eigenvalue weighted by Crippen LogP contribution is -2.33.